The number of amides is 1. The van der Waals surface area contributed by atoms with E-state index in [9.17, 15) is 9.59 Å². The average Bonchev–Trinajstić information content (AvgIpc) is 2.99. The van der Waals surface area contributed by atoms with Gasteiger partial charge in [-0.05, 0) is 88.9 Å². The number of nitrogens with one attached hydrogen (secondary N) is 1. The first kappa shape index (κ1) is 33.4. The van der Waals surface area contributed by atoms with Gasteiger partial charge in [0.25, 0.3) is 5.91 Å². The molecule has 0 atom stereocenters. The lowest BCUT2D eigenvalue weighted by molar-refractivity contribution is 0.0908. The molecule has 3 aromatic rings. The number of carbonyl (C=O) groups is 2. The number of benzene rings is 2. The molecule has 1 amide bonds. The van der Waals surface area contributed by atoms with Crippen LogP contribution >= 0.6 is 0 Å². The molecule has 43 heavy (non-hydrogen) atoms. The second-order valence-corrected chi connectivity index (χ2v) is 10.2. The van der Waals surface area contributed by atoms with Crippen molar-refractivity contribution in [3.05, 3.63) is 77.1 Å². The number of aldehydes is 1. The van der Waals surface area contributed by atoms with Crippen molar-refractivity contribution < 1.29 is 28.5 Å². The summed E-state index contributed by atoms with van der Waals surface area (Å²) in [4.78, 5) is 29.6. The highest BCUT2D eigenvalue weighted by molar-refractivity contribution is 5.94. The molecule has 9 nitrogen and oxygen atoms in total. The maximum absolute atomic E-state index is 12.4. The van der Waals surface area contributed by atoms with Crippen LogP contribution in [0.1, 0.15) is 72.4 Å². The van der Waals surface area contributed by atoms with Gasteiger partial charge in [0.1, 0.15) is 29.3 Å². The third-order valence-electron chi connectivity index (χ3n) is 6.69. The third-order valence-corrected chi connectivity index (χ3v) is 6.69. The van der Waals surface area contributed by atoms with E-state index >= 15 is 0 Å². The van der Waals surface area contributed by atoms with Crippen LogP contribution < -0.4 is 24.3 Å². The molecule has 0 radical (unpaired) electrons. The van der Waals surface area contributed by atoms with Crippen LogP contribution in [-0.2, 0) is 6.54 Å². The van der Waals surface area contributed by atoms with Gasteiger partial charge in [0, 0.05) is 55.8 Å². The highest BCUT2D eigenvalue weighted by Gasteiger charge is 2.22. The Bertz CT molecular complexity index is 1260. The van der Waals surface area contributed by atoms with E-state index in [1.807, 2.05) is 46.8 Å². The van der Waals surface area contributed by atoms with Crippen molar-refractivity contribution in [2.45, 2.75) is 60.0 Å². The largest absolute Gasteiger partial charge is 0.494 e. The molecule has 1 aliphatic rings. The Morgan fingerprint density at radius 3 is 1.79 bits per heavy atom. The van der Waals surface area contributed by atoms with E-state index in [1.54, 1.807) is 30.6 Å². The smallest absolute Gasteiger partial charge is 0.253 e. The van der Waals surface area contributed by atoms with Crippen LogP contribution in [0.2, 0.25) is 0 Å². The summed E-state index contributed by atoms with van der Waals surface area (Å²) in [5, 5.41) is 3.15. The maximum Gasteiger partial charge on any atom is 0.253 e. The SMILES string of the molecule is CCOc1cc(C=O)cc(OCC)c1.CCOc1cc(CN2CCC(NC(=O)c3cncc(C)c3)CC2)cc(OCC)c1. The van der Waals surface area contributed by atoms with Gasteiger partial charge in [0.15, 0.2) is 0 Å². The van der Waals surface area contributed by atoms with Gasteiger partial charge in [0.2, 0.25) is 0 Å². The van der Waals surface area contributed by atoms with Crippen molar-refractivity contribution in [1.82, 2.24) is 15.2 Å². The summed E-state index contributed by atoms with van der Waals surface area (Å²) in [6.07, 6.45) is 6.04. The number of ether oxygens (including phenoxy) is 4. The quantitative estimate of drug-likeness (QED) is 0.246. The molecule has 1 fully saturated rings. The minimum atomic E-state index is -0.0366. The zero-order valence-corrected chi connectivity index (χ0v) is 26.1. The molecular weight excluding hydrogens is 546 g/mol. The standard InChI is InChI=1S/C23H31N3O3.C11H14O3/c1-4-28-21-11-18(12-22(13-21)29-5-2)16-26-8-6-20(7-9-26)25-23(27)19-10-17(3)14-24-15-19;1-3-13-10-5-9(8-12)6-11(7-10)14-4-2/h10-15,20H,4-9,16H2,1-3H3,(H,25,27);5-8H,3-4H2,1-2H3. The molecule has 0 aliphatic carbocycles. The lowest BCUT2D eigenvalue weighted by Crippen LogP contribution is -2.44. The first-order chi connectivity index (χ1) is 20.9. The molecular formula is C34H45N3O6. The van der Waals surface area contributed by atoms with Gasteiger partial charge < -0.3 is 24.3 Å². The predicted octanol–water partition coefficient (Wildman–Crippen LogP) is 5.88. The first-order valence-corrected chi connectivity index (χ1v) is 15.1. The molecule has 1 aliphatic heterocycles. The zero-order chi connectivity index (χ0) is 31.0. The van der Waals surface area contributed by atoms with E-state index in [4.69, 9.17) is 18.9 Å². The summed E-state index contributed by atoms with van der Waals surface area (Å²) < 4.78 is 22.0. The van der Waals surface area contributed by atoms with Crippen molar-refractivity contribution in [3.63, 3.8) is 0 Å². The molecule has 0 saturated carbocycles. The van der Waals surface area contributed by atoms with Crippen LogP contribution in [0, 0.1) is 6.92 Å². The fourth-order valence-corrected chi connectivity index (χ4v) is 4.83. The van der Waals surface area contributed by atoms with Crippen molar-refractivity contribution in [1.29, 1.82) is 0 Å². The molecule has 2 aromatic carbocycles. The van der Waals surface area contributed by atoms with Crippen LogP contribution in [0.25, 0.3) is 0 Å². The summed E-state index contributed by atoms with van der Waals surface area (Å²) in [5.74, 6) is 3.00. The molecule has 0 unspecified atom stereocenters. The Kier molecular flexibility index (Phi) is 13.8. The van der Waals surface area contributed by atoms with Gasteiger partial charge >= 0.3 is 0 Å². The Morgan fingerprint density at radius 1 is 0.814 bits per heavy atom. The van der Waals surface area contributed by atoms with Gasteiger partial charge in [-0.25, -0.2) is 0 Å². The molecule has 1 saturated heterocycles. The number of pyridine rings is 1. The fraction of sp³-hybridized carbons (Fsp3) is 0.441. The van der Waals surface area contributed by atoms with Gasteiger partial charge in [-0.15, -0.1) is 0 Å². The number of aryl methyl sites for hydroxylation is 1. The van der Waals surface area contributed by atoms with Gasteiger partial charge in [-0.2, -0.15) is 0 Å². The van der Waals surface area contributed by atoms with E-state index in [0.29, 0.717) is 49.1 Å². The van der Waals surface area contributed by atoms with E-state index in [-0.39, 0.29) is 11.9 Å². The highest BCUT2D eigenvalue weighted by atomic mass is 16.5. The molecule has 9 heteroatoms. The lowest BCUT2D eigenvalue weighted by atomic mass is 10.0. The molecule has 1 N–H and O–H groups in total. The van der Waals surface area contributed by atoms with Crippen LogP contribution in [0.3, 0.4) is 0 Å². The summed E-state index contributed by atoms with van der Waals surface area (Å²) in [7, 11) is 0. The second-order valence-electron chi connectivity index (χ2n) is 10.2. The molecule has 1 aromatic heterocycles. The third kappa shape index (κ3) is 11.2. The number of carbonyl (C=O) groups excluding carboxylic acids is 2. The number of aromatic nitrogens is 1. The summed E-state index contributed by atoms with van der Waals surface area (Å²) >= 11 is 0. The van der Waals surface area contributed by atoms with Crippen LogP contribution in [0.4, 0.5) is 0 Å². The van der Waals surface area contributed by atoms with Crippen LogP contribution in [-0.4, -0.2) is 67.6 Å². The average molecular weight is 592 g/mol. The topological polar surface area (TPSA) is 99.2 Å². The Labute approximate surface area is 255 Å². The van der Waals surface area contributed by atoms with Crippen molar-refractivity contribution in [2.75, 3.05) is 39.5 Å². The molecule has 0 bridgehead atoms. The maximum atomic E-state index is 12.4. The molecule has 232 valence electrons. The van der Waals surface area contributed by atoms with E-state index in [0.717, 1.165) is 55.8 Å². The summed E-state index contributed by atoms with van der Waals surface area (Å²) in [6.45, 7) is 14.9. The fourth-order valence-electron chi connectivity index (χ4n) is 4.83. The summed E-state index contributed by atoms with van der Waals surface area (Å²) in [5.41, 5.74) is 3.38. The Hall–Kier alpha value is -4.11. The second kappa shape index (κ2) is 17.8. The minimum Gasteiger partial charge on any atom is -0.494 e. The Morgan fingerprint density at radius 2 is 1.33 bits per heavy atom. The van der Waals surface area contributed by atoms with E-state index < -0.39 is 0 Å². The van der Waals surface area contributed by atoms with Gasteiger partial charge in [-0.1, -0.05) is 0 Å². The number of likely N-dealkylation sites (tertiary alicyclic amines) is 1. The number of rotatable bonds is 13. The number of nitrogens with zero attached hydrogens (tertiary/aromatic N) is 2. The predicted molar refractivity (Wildman–Crippen MR) is 168 cm³/mol. The van der Waals surface area contributed by atoms with Crippen molar-refractivity contribution in [2.24, 2.45) is 0 Å². The highest BCUT2D eigenvalue weighted by Crippen LogP contribution is 2.25. The first-order valence-electron chi connectivity index (χ1n) is 15.1. The van der Waals surface area contributed by atoms with Gasteiger partial charge in [0.05, 0.1) is 32.0 Å². The normalized spacial score (nSPS) is 13.3. The Balaban J connectivity index is 0.000000303. The number of hydrogen-bond donors (Lipinski definition) is 1. The molecule has 0 spiro atoms. The number of piperidine rings is 1. The zero-order valence-electron chi connectivity index (χ0n) is 26.1. The molecule has 2 heterocycles. The summed E-state index contributed by atoms with van der Waals surface area (Å²) in [6, 6.07) is 13.4. The monoisotopic (exact) mass is 591 g/mol. The number of hydrogen-bond acceptors (Lipinski definition) is 8. The molecule has 4 rings (SSSR count). The van der Waals surface area contributed by atoms with Crippen molar-refractivity contribution >= 4 is 12.2 Å². The lowest BCUT2D eigenvalue weighted by Gasteiger charge is -2.32. The van der Waals surface area contributed by atoms with E-state index in [2.05, 4.69) is 27.3 Å². The van der Waals surface area contributed by atoms with E-state index in [1.165, 1.54) is 5.56 Å². The van der Waals surface area contributed by atoms with Gasteiger partial charge in [-0.3, -0.25) is 19.5 Å². The van der Waals surface area contributed by atoms with Crippen molar-refractivity contribution in [3.8, 4) is 23.0 Å². The minimum absolute atomic E-state index is 0.0366. The van der Waals surface area contributed by atoms with Crippen LogP contribution in [0.15, 0.2) is 54.9 Å². The van der Waals surface area contributed by atoms with Crippen LogP contribution in [0.5, 0.6) is 23.0 Å².